The van der Waals surface area contributed by atoms with Gasteiger partial charge in [0.1, 0.15) is 11.8 Å². The van der Waals surface area contributed by atoms with E-state index in [1.54, 1.807) is 0 Å². The molecule has 0 radical (unpaired) electrons. The highest BCUT2D eigenvalue weighted by Gasteiger charge is 2.17. The van der Waals surface area contributed by atoms with E-state index >= 15 is 0 Å². The predicted octanol–water partition coefficient (Wildman–Crippen LogP) is 2.75. The Morgan fingerprint density at radius 3 is 2.63 bits per heavy atom. The fourth-order valence-electron chi connectivity index (χ4n) is 1.79. The monoisotopic (exact) mass is 262 g/mol. The van der Waals surface area contributed by atoms with Crippen LogP contribution in [0.1, 0.15) is 19.5 Å². The van der Waals surface area contributed by atoms with E-state index in [-0.39, 0.29) is 11.6 Å². The summed E-state index contributed by atoms with van der Waals surface area (Å²) < 4.78 is 27.8. The molecule has 0 spiro atoms. The van der Waals surface area contributed by atoms with Crippen molar-refractivity contribution in [1.29, 1.82) is 5.26 Å². The molecular formula is C13H12F2N4. The summed E-state index contributed by atoms with van der Waals surface area (Å²) in [6, 6.07) is 5.40. The van der Waals surface area contributed by atoms with Crippen molar-refractivity contribution in [3.05, 3.63) is 35.5 Å². The summed E-state index contributed by atoms with van der Waals surface area (Å²) in [5.41, 5.74) is 0.905. The number of rotatable bonds is 3. The van der Waals surface area contributed by atoms with Crippen LogP contribution >= 0.6 is 0 Å². The van der Waals surface area contributed by atoms with Gasteiger partial charge in [0, 0.05) is 12.1 Å². The summed E-state index contributed by atoms with van der Waals surface area (Å²) in [7, 11) is 0. The molecule has 0 aliphatic heterocycles. The Morgan fingerprint density at radius 1 is 1.32 bits per heavy atom. The molecule has 1 heterocycles. The molecule has 0 amide bonds. The van der Waals surface area contributed by atoms with Gasteiger partial charge in [0.15, 0.2) is 17.3 Å². The van der Waals surface area contributed by atoms with Crippen molar-refractivity contribution in [3.63, 3.8) is 0 Å². The molecule has 0 saturated heterocycles. The lowest BCUT2D eigenvalue weighted by Gasteiger charge is -2.09. The van der Waals surface area contributed by atoms with E-state index in [1.165, 1.54) is 10.7 Å². The molecule has 1 aromatic heterocycles. The van der Waals surface area contributed by atoms with Gasteiger partial charge in [-0.15, -0.1) is 5.10 Å². The summed E-state index contributed by atoms with van der Waals surface area (Å²) in [6.45, 7) is 4.52. The van der Waals surface area contributed by atoms with Gasteiger partial charge < -0.3 is 0 Å². The number of aromatic nitrogens is 3. The Hall–Kier alpha value is -2.29. The molecule has 0 fully saturated rings. The highest BCUT2D eigenvalue weighted by Crippen LogP contribution is 2.24. The predicted molar refractivity (Wildman–Crippen MR) is 64.9 cm³/mol. The summed E-state index contributed by atoms with van der Waals surface area (Å²) in [5.74, 6) is -1.60. The van der Waals surface area contributed by atoms with Crippen LogP contribution in [-0.2, 0) is 6.54 Å². The van der Waals surface area contributed by atoms with Crippen molar-refractivity contribution >= 4 is 0 Å². The van der Waals surface area contributed by atoms with Crippen LogP contribution in [0, 0.1) is 28.9 Å². The van der Waals surface area contributed by atoms with Crippen LogP contribution in [0.15, 0.2) is 18.2 Å². The van der Waals surface area contributed by atoms with E-state index in [4.69, 9.17) is 5.26 Å². The minimum Gasteiger partial charge on any atom is -0.243 e. The quantitative estimate of drug-likeness (QED) is 0.854. The molecule has 0 saturated carbocycles. The summed E-state index contributed by atoms with van der Waals surface area (Å²) in [4.78, 5) is 0. The lowest BCUT2D eigenvalue weighted by molar-refractivity contribution is 0.475. The Labute approximate surface area is 109 Å². The second-order valence-electron chi connectivity index (χ2n) is 4.60. The molecule has 2 rings (SSSR count). The SMILES string of the molecule is CC(C)Cn1nnc(C#N)c1-c1ccc(F)c(F)c1. The topological polar surface area (TPSA) is 54.5 Å². The number of benzene rings is 1. The van der Waals surface area contributed by atoms with E-state index in [9.17, 15) is 8.78 Å². The van der Waals surface area contributed by atoms with Crippen LogP contribution < -0.4 is 0 Å². The molecule has 2 aromatic rings. The van der Waals surface area contributed by atoms with Crippen molar-refractivity contribution in [2.24, 2.45) is 5.92 Å². The van der Waals surface area contributed by atoms with E-state index in [0.29, 0.717) is 17.8 Å². The van der Waals surface area contributed by atoms with E-state index < -0.39 is 11.6 Å². The maximum atomic E-state index is 13.3. The first-order valence-electron chi connectivity index (χ1n) is 5.82. The standard InChI is InChI=1S/C13H12F2N4/c1-8(2)7-19-13(12(6-16)17-18-19)9-3-4-10(14)11(15)5-9/h3-5,8H,7H2,1-2H3. The molecule has 0 aliphatic rings. The second kappa shape index (κ2) is 5.14. The fraction of sp³-hybridized carbons (Fsp3) is 0.308. The molecule has 1 aromatic carbocycles. The van der Waals surface area contributed by atoms with Crippen molar-refractivity contribution in [1.82, 2.24) is 15.0 Å². The molecule has 0 atom stereocenters. The average molecular weight is 262 g/mol. The van der Waals surface area contributed by atoms with Gasteiger partial charge in [-0.3, -0.25) is 0 Å². The Kier molecular flexibility index (Phi) is 3.56. The molecular weight excluding hydrogens is 250 g/mol. The normalized spacial score (nSPS) is 10.7. The molecule has 0 N–H and O–H groups in total. The smallest absolute Gasteiger partial charge is 0.190 e. The molecule has 0 unspecified atom stereocenters. The molecule has 19 heavy (non-hydrogen) atoms. The van der Waals surface area contributed by atoms with Gasteiger partial charge in [0.2, 0.25) is 0 Å². The second-order valence-corrected chi connectivity index (χ2v) is 4.60. The van der Waals surface area contributed by atoms with Gasteiger partial charge >= 0.3 is 0 Å². The number of halogens is 2. The molecule has 4 nitrogen and oxygen atoms in total. The van der Waals surface area contributed by atoms with Gasteiger partial charge in [-0.25, -0.2) is 13.5 Å². The third-order valence-corrected chi connectivity index (χ3v) is 2.57. The van der Waals surface area contributed by atoms with Gasteiger partial charge in [-0.1, -0.05) is 19.1 Å². The van der Waals surface area contributed by atoms with Crippen LogP contribution in [0.2, 0.25) is 0 Å². The first-order valence-corrected chi connectivity index (χ1v) is 5.82. The third kappa shape index (κ3) is 2.60. The van der Waals surface area contributed by atoms with Crippen molar-refractivity contribution in [2.45, 2.75) is 20.4 Å². The van der Waals surface area contributed by atoms with Crippen molar-refractivity contribution in [3.8, 4) is 17.3 Å². The Bertz CT molecular complexity index is 641. The Balaban J connectivity index is 2.56. The lowest BCUT2D eigenvalue weighted by atomic mass is 10.1. The summed E-state index contributed by atoms with van der Waals surface area (Å²) >= 11 is 0. The fourth-order valence-corrected chi connectivity index (χ4v) is 1.79. The number of hydrogen-bond donors (Lipinski definition) is 0. The highest BCUT2D eigenvalue weighted by molar-refractivity contribution is 5.64. The minimum absolute atomic E-state index is 0.103. The van der Waals surface area contributed by atoms with Crippen LogP contribution in [-0.4, -0.2) is 15.0 Å². The van der Waals surface area contributed by atoms with E-state index in [2.05, 4.69) is 10.3 Å². The maximum absolute atomic E-state index is 13.3. The van der Waals surface area contributed by atoms with Crippen LogP contribution in [0.4, 0.5) is 8.78 Å². The zero-order valence-electron chi connectivity index (χ0n) is 10.6. The largest absolute Gasteiger partial charge is 0.243 e. The van der Waals surface area contributed by atoms with Crippen LogP contribution in [0.5, 0.6) is 0 Å². The van der Waals surface area contributed by atoms with Gasteiger partial charge in [-0.05, 0) is 24.1 Å². The zero-order chi connectivity index (χ0) is 14.0. The number of nitrogens with zero attached hydrogens (tertiary/aromatic N) is 4. The third-order valence-electron chi connectivity index (χ3n) is 2.57. The maximum Gasteiger partial charge on any atom is 0.190 e. The molecule has 0 aliphatic carbocycles. The van der Waals surface area contributed by atoms with Gasteiger partial charge in [-0.2, -0.15) is 5.26 Å². The van der Waals surface area contributed by atoms with Crippen molar-refractivity contribution < 1.29 is 8.78 Å². The Morgan fingerprint density at radius 2 is 2.05 bits per heavy atom. The molecule has 6 heteroatoms. The van der Waals surface area contributed by atoms with E-state index in [1.807, 2.05) is 19.9 Å². The minimum atomic E-state index is -0.960. The van der Waals surface area contributed by atoms with E-state index in [0.717, 1.165) is 12.1 Å². The summed E-state index contributed by atoms with van der Waals surface area (Å²) in [5, 5.41) is 16.7. The highest BCUT2D eigenvalue weighted by atomic mass is 19.2. The number of nitriles is 1. The number of hydrogen-bond acceptors (Lipinski definition) is 3. The average Bonchev–Trinajstić information content (AvgIpc) is 2.74. The van der Waals surface area contributed by atoms with Gasteiger partial charge in [0.25, 0.3) is 0 Å². The van der Waals surface area contributed by atoms with Crippen LogP contribution in [0.25, 0.3) is 11.3 Å². The van der Waals surface area contributed by atoms with Crippen LogP contribution in [0.3, 0.4) is 0 Å². The first kappa shape index (κ1) is 13.1. The van der Waals surface area contributed by atoms with Crippen molar-refractivity contribution in [2.75, 3.05) is 0 Å². The van der Waals surface area contributed by atoms with Gasteiger partial charge in [0.05, 0.1) is 0 Å². The molecule has 98 valence electrons. The molecule has 0 bridgehead atoms. The zero-order valence-corrected chi connectivity index (χ0v) is 10.6. The first-order chi connectivity index (χ1) is 9.02. The lowest BCUT2D eigenvalue weighted by Crippen LogP contribution is -2.08. The summed E-state index contributed by atoms with van der Waals surface area (Å²) in [6.07, 6.45) is 0.